The van der Waals surface area contributed by atoms with Gasteiger partial charge in [0.05, 0.1) is 0 Å². The van der Waals surface area contributed by atoms with Crippen LogP contribution >= 0.6 is 0 Å². The highest BCUT2D eigenvalue weighted by molar-refractivity contribution is 5.15. The lowest BCUT2D eigenvalue weighted by Crippen LogP contribution is -2.56. The highest BCUT2D eigenvalue weighted by atomic mass is 15.2. The van der Waals surface area contributed by atoms with Crippen molar-refractivity contribution in [3.63, 3.8) is 0 Å². The van der Waals surface area contributed by atoms with Crippen molar-refractivity contribution in [1.29, 1.82) is 0 Å². The molecule has 2 atom stereocenters. The molecule has 1 fully saturated rings. The molecule has 0 aliphatic carbocycles. The number of hydrogen-bond donors (Lipinski definition) is 1. The van der Waals surface area contributed by atoms with Crippen LogP contribution in [0.15, 0.2) is 30.3 Å². The van der Waals surface area contributed by atoms with Crippen LogP contribution in [0, 0.1) is 5.92 Å². The summed E-state index contributed by atoms with van der Waals surface area (Å²) in [5.41, 5.74) is 1.44. The average molecular weight is 274 g/mol. The van der Waals surface area contributed by atoms with E-state index in [0.29, 0.717) is 12.1 Å². The van der Waals surface area contributed by atoms with Crippen molar-refractivity contribution in [2.24, 2.45) is 5.92 Å². The molecule has 112 valence electrons. The van der Waals surface area contributed by atoms with Gasteiger partial charge in [-0.15, -0.1) is 0 Å². The molecule has 2 nitrogen and oxygen atoms in total. The second-order valence-corrected chi connectivity index (χ2v) is 6.59. The van der Waals surface area contributed by atoms with Gasteiger partial charge in [-0.2, -0.15) is 0 Å². The zero-order valence-corrected chi connectivity index (χ0v) is 13.3. The Bertz CT molecular complexity index is 374. The second kappa shape index (κ2) is 7.80. The number of rotatable bonds is 6. The van der Waals surface area contributed by atoms with Gasteiger partial charge in [-0.3, -0.25) is 4.90 Å². The third-order valence-electron chi connectivity index (χ3n) is 4.22. The standard InChI is InChI=1S/C18H30N2/c1-4-8-17-14-20(13-16-9-6-5-7-10-16)18(12-19-17)11-15(2)3/h5-7,9-10,15,17-19H,4,8,11-14H2,1-3H3. The summed E-state index contributed by atoms with van der Waals surface area (Å²) in [6, 6.07) is 12.3. The Morgan fingerprint density at radius 3 is 2.65 bits per heavy atom. The van der Waals surface area contributed by atoms with E-state index in [2.05, 4.69) is 61.3 Å². The molecule has 0 spiro atoms. The van der Waals surface area contributed by atoms with Gasteiger partial charge in [-0.25, -0.2) is 0 Å². The SMILES string of the molecule is CCCC1CN(Cc2ccccc2)C(CC(C)C)CN1. The number of hydrogen-bond acceptors (Lipinski definition) is 2. The summed E-state index contributed by atoms with van der Waals surface area (Å²) >= 11 is 0. The molecule has 1 heterocycles. The lowest BCUT2D eigenvalue weighted by molar-refractivity contribution is 0.103. The van der Waals surface area contributed by atoms with Crippen molar-refractivity contribution in [3.8, 4) is 0 Å². The zero-order valence-electron chi connectivity index (χ0n) is 13.3. The minimum Gasteiger partial charge on any atom is -0.311 e. The minimum atomic E-state index is 0.673. The summed E-state index contributed by atoms with van der Waals surface area (Å²) in [4.78, 5) is 2.70. The highest BCUT2D eigenvalue weighted by Gasteiger charge is 2.27. The molecule has 1 aromatic rings. The molecular weight excluding hydrogens is 244 g/mol. The second-order valence-electron chi connectivity index (χ2n) is 6.59. The first kappa shape index (κ1) is 15.5. The Morgan fingerprint density at radius 2 is 2.00 bits per heavy atom. The first-order valence-electron chi connectivity index (χ1n) is 8.20. The monoisotopic (exact) mass is 274 g/mol. The third-order valence-corrected chi connectivity index (χ3v) is 4.22. The van der Waals surface area contributed by atoms with E-state index < -0.39 is 0 Å². The topological polar surface area (TPSA) is 15.3 Å². The molecule has 0 amide bonds. The molecule has 2 heteroatoms. The van der Waals surface area contributed by atoms with Crippen molar-refractivity contribution < 1.29 is 0 Å². The number of piperazine rings is 1. The van der Waals surface area contributed by atoms with E-state index in [-0.39, 0.29) is 0 Å². The Morgan fingerprint density at radius 1 is 1.25 bits per heavy atom. The zero-order chi connectivity index (χ0) is 14.4. The van der Waals surface area contributed by atoms with Gasteiger partial charge in [0.15, 0.2) is 0 Å². The maximum Gasteiger partial charge on any atom is 0.0237 e. The first-order chi connectivity index (χ1) is 9.69. The fourth-order valence-corrected chi connectivity index (χ4v) is 3.26. The van der Waals surface area contributed by atoms with E-state index in [4.69, 9.17) is 0 Å². The molecule has 1 aliphatic rings. The average Bonchev–Trinajstić information content (AvgIpc) is 2.43. The van der Waals surface area contributed by atoms with E-state index >= 15 is 0 Å². The molecule has 0 aromatic heterocycles. The summed E-state index contributed by atoms with van der Waals surface area (Å²) in [6.45, 7) is 10.4. The van der Waals surface area contributed by atoms with Gasteiger partial charge in [0.2, 0.25) is 0 Å². The number of nitrogens with one attached hydrogen (secondary N) is 1. The number of nitrogens with zero attached hydrogens (tertiary/aromatic N) is 1. The Hall–Kier alpha value is -0.860. The Kier molecular flexibility index (Phi) is 6.06. The van der Waals surface area contributed by atoms with Gasteiger partial charge in [0.25, 0.3) is 0 Å². The molecule has 1 aromatic carbocycles. The molecule has 1 N–H and O–H groups in total. The van der Waals surface area contributed by atoms with E-state index in [0.717, 1.165) is 19.0 Å². The lowest BCUT2D eigenvalue weighted by atomic mass is 9.97. The molecule has 2 rings (SSSR count). The van der Waals surface area contributed by atoms with E-state index in [1.54, 1.807) is 0 Å². The van der Waals surface area contributed by atoms with Crippen LogP contribution in [0.5, 0.6) is 0 Å². The van der Waals surface area contributed by atoms with Crippen LogP contribution in [0.4, 0.5) is 0 Å². The fourth-order valence-electron chi connectivity index (χ4n) is 3.26. The molecule has 1 saturated heterocycles. The van der Waals surface area contributed by atoms with Crippen LogP contribution < -0.4 is 5.32 Å². The molecular formula is C18H30N2. The third kappa shape index (κ3) is 4.60. The Balaban J connectivity index is 2.01. The van der Waals surface area contributed by atoms with Crippen molar-refractivity contribution >= 4 is 0 Å². The smallest absolute Gasteiger partial charge is 0.0237 e. The van der Waals surface area contributed by atoms with Crippen LogP contribution in [-0.2, 0) is 6.54 Å². The quantitative estimate of drug-likeness (QED) is 0.851. The van der Waals surface area contributed by atoms with Gasteiger partial charge in [-0.1, -0.05) is 57.5 Å². The van der Waals surface area contributed by atoms with Crippen molar-refractivity contribution in [3.05, 3.63) is 35.9 Å². The van der Waals surface area contributed by atoms with Gasteiger partial charge >= 0.3 is 0 Å². The summed E-state index contributed by atoms with van der Waals surface area (Å²) < 4.78 is 0. The maximum absolute atomic E-state index is 3.75. The van der Waals surface area contributed by atoms with Gasteiger partial charge < -0.3 is 5.32 Å². The van der Waals surface area contributed by atoms with Crippen LogP contribution in [0.25, 0.3) is 0 Å². The molecule has 1 aliphatic heterocycles. The van der Waals surface area contributed by atoms with E-state index in [1.807, 2.05) is 0 Å². The predicted molar refractivity (Wildman–Crippen MR) is 86.8 cm³/mol. The van der Waals surface area contributed by atoms with Gasteiger partial charge in [0.1, 0.15) is 0 Å². The normalized spacial score (nSPS) is 24.2. The van der Waals surface area contributed by atoms with Crippen LogP contribution in [-0.4, -0.2) is 30.1 Å². The van der Waals surface area contributed by atoms with Crippen molar-refractivity contribution in [2.75, 3.05) is 13.1 Å². The molecule has 20 heavy (non-hydrogen) atoms. The largest absolute Gasteiger partial charge is 0.311 e. The maximum atomic E-state index is 3.75. The van der Waals surface area contributed by atoms with Gasteiger partial charge in [-0.05, 0) is 24.3 Å². The van der Waals surface area contributed by atoms with Crippen LogP contribution in [0.2, 0.25) is 0 Å². The molecule has 0 saturated carbocycles. The molecule has 0 bridgehead atoms. The summed E-state index contributed by atoms with van der Waals surface area (Å²) in [5.74, 6) is 0.766. The predicted octanol–water partition coefficient (Wildman–Crippen LogP) is 3.68. The van der Waals surface area contributed by atoms with E-state index in [9.17, 15) is 0 Å². The fraction of sp³-hybridized carbons (Fsp3) is 0.667. The van der Waals surface area contributed by atoms with Crippen LogP contribution in [0.3, 0.4) is 0 Å². The summed E-state index contributed by atoms with van der Waals surface area (Å²) in [7, 11) is 0. The van der Waals surface area contributed by atoms with Crippen molar-refractivity contribution in [1.82, 2.24) is 10.2 Å². The van der Waals surface area contributed by atoms with E-state index in [1.165, 1.54) is 31.4 Å². The summed E-state index contributed by atoms with van der Waals surface area (Å²) in [6.07, 6.45) is 3.85. The molecule has 2 unspecified atom stereocenters. The van der Waals surface area contributed by atoms with Crippen molar-refractivity contribution in [2.45, 2.75) is 58.7 Å². The number of benzene rings is 1. The summed E-state index contributed by atoms with van der Waals surface area (Å²) in [5, 5.41) is 3.75. The minimum absolute atomic E-state index is 0.673. The first-order valence-corrected chi connectivity index (χ1v) is 8.20. The Labute approximate surface area is 124 Å². The lowest BCUT2D eigenvalue weighted by Gasteiger charge is -2.41. The van der Waals surface area contributed by atoms with Gasteiger partial charge in [0, 0.05) is 31.7 Å². The van der Waals surface area contributed by atoms with Crippen LogP contribution in [0.1, 0.15) is 45.6 Å². The highest BCUT2D eigenvalue weighted by Crippen LogP contribution is 2.19. The molecule has 0 radical (unpaired) electrons.